The highest BCUT2D eigenvalue weighted by Crippen LogP contribution is 2.42. The van der Waals surface area contributed by atoms with E-state index in [-0.39, 0.29) is 18.8 Å². The van der Waals surface area contributed by atoms with Crippen LogP contribution in [0, 0.1) is 0 Å². The van der Waals surface area contributed by atoms with E-state index in [9.17, 15) is 9.36 Å². The minimum atomic E-state index is -3.79. The third kappa shape index (κ3) is 17.3. The van der Waals surface area contributed by atoms with E-state index < -0.39 is 13.8 Å². The number of hydrogen-bond donors (Lipinski definition) is 2. The fourth-order valence-electron chi connectivity index (χ4n) is 0.630. The molecule has 0 aliphatic heterocycles. The zero-order chi connectivity index (χ0) is 15.7. The van der Waals surface area contributed by atoms with Crippen LogP contribution in [0.25, 0.3) is 0 Å². The third-order valence-electron chi connectivity index (χ3n) is 1.67. The van der Waals surface area contributed by atoms with Crippen LogP contribution >= 0.6 is 7.82 Å². The Morgan fingerprint density at radius 1 is 1.32 bits per heavy atom. The normalized spacial score (nSPS) is 14.0. The highest BCUT2D eigenvalue weighted by molar-refractivity contribution is 7.47. The van der Waals surface area contributed by atoms with Gasteiger partial charge in [0.2, 0.25) is 0 Å². The third-order valence-corrected chi connectivity index (χ3v) is 2.77. The van der Waals surface area contributed by atoms with Crippen LogP contribution in [0.1, 0.15) is 13.8 Å². The molecule has 0 fully saturated rings. The van der Waals surface area contributed by atoms with Crippen LogP contribution in [-0.2, 0) is 18.4 Å². The lowest BCUT2D eigenvalue weighted by molar-refractivity contribution is -0.870. The largest absolute Gasteiger partial charge is 0.478 e. The van der Waals surface area contributed by atoms with E-state index in [4.69, 9.17) is 14.5 Å². The Morgan fingerprint density at radius 3 is 2.00 bits per heavy atom. The number of phosphoric acid groups is 1. The number of phosphoric ester groups is 1. The summed E-state index contributed by atoms with van der Waals surface area (Å²) in [4.78, 5) is 18.6. The van der Waals surface area contributed by atoms with Crippen molar-refractivity contribution < 1.29 is 32.9 Å². The van der Waals surface area contributed by atoms with Crippen molar-refractivity contribution in [1.29, 1.82) is 0 Å². The van der Waals surface area contributed by atoms with Gasteiger partial charge in [-0.2, -0.15) is 0 Å². The van der Waals surface area contributed by atoms with E-state index in [2.05, 4.69) is 11.1 Å². The maximum atomic E-state index is 11.0. The van der Waals surface area contributed by atoms with Crippen LogP contribution < -0.4 is 0 Å². The Bertz CT molecular complexity index is 325. The Hall–Kier alpha value is -0.720. The monoisotopic (exact) mass is 298 g/mol. The molecule has 0 aromatic carbocycles. The predicted molar refractivity (Wildman–Crippen MR) is 72.8 cm³/mol. The van der Waals surface area contributed by atoms with Gasteiger partial charge in [0.05, 0.1) is 27.7 Å². The Labute approximate surface area is 114 Å². The quantitative estimate of drug-likeness (QED) is 0.420. The predicted octanol–water partition coefficient (Wildman–Crippen LogP) is 1.49. The van der Waals surface area contributed by atoms with Crippen molar-refractivity contribution in [2.75, 3.05) is 40.9 Å². The molecule has 0 saturated carbocycles. The fraction of sp³-hybridized carbons (Fsp3) is 0.727. The van der Waals surface area contributed by atoms with Gasteiger partial charge in [0, 0.05) is 5.57 Å². The molecule has 0 aromatic rings. The number of hydrogen-bond acceptors (Lipinski definition) is 4. The second-order valence-corrected chi connectivity index (χ2v) is 6.27. The van der Waals surface area contributed by atoms with Crippen LogP contribution in [0.5, 0.6) is 0 Å². The first-order valence-corrected chi connectivity index (χ1v) is 7.22. The molecule has 1 unspecified atom stereocenters. The Morgan fingerprint density at radius 2 is 1.74 bits per heavy atom. The van der Waals surface area contributed by atoms with Gasteiger partial charge in [-0.25, -0.2) is 9.36 Å². The summed E-state index contributed by atoms with van der Waals surface area (Å²) in [6.07, 6.45) is 0. The summed E-state index contributed by atoms with van der Waals surface area (Å²) >= 11 is 0. The van der Waals surface area contributed by atoms with E-state index in [0.717, 1.165) is 0 Å². The van der Waals surface area contributed by atoms with Gasteiger partial charge in [-0.1, -0.05) is 6.58 Å². The molecule has 114 valence electrons. The molecular weight excluding hydrogens is 273 g/mol. The van der Waals surface area contributed by atoms with Crippen molar-refractivity contribution in [2.24, 2.45) is 0 Å². The second kappa shape index (κ2) is 9.23. The molecule has 1 atom stereocenters. The van der Waals surface area contributed by atoms with Crippen molar-refractivity contribution in [1.82, 2.24) is 0 Å². The first kappa shape index (κ1) is 20.6. The zero-order valence-corrected chi connectivity index (χ0v) is 13.1. The molecule has 0 amide bonds. The van der Waals surface area contributed by atoms with Gasteiger partial charge in [0.25, 0.3) is 0 Å². The molecule has 0 rings (SSSR count). The number of carbonyl (C=O) groups is 1. The van der Waals surface area contributed by atoms with Gasteiger partial charge in [-0.15, -0.1) is 0 Å². The van der Waals surface area contributed by atoms with E-state index in [1.165, 1.54) is 6.92 Å². The molecule has 0 spiro atoms. The smallest absolute Gasteiger partial charge is 0.472 e. The molecule has 0 aliphatic rings. The van der Waals surface area contributed by atoms with Crippen molar-refractivity contribution in [3.63, 3.8) is 0 Å². The molecule has 0 bridgehead atoms. The van der Waals surface area contributed by atoms with Crippen molar-refractivity contribution >= 4 is 13.8 Å². The highest BCUT2D eigenvalue weighted by atomic mass is 31.2. The SMILES string of the molecule is C=C(C)C(=O)O.CCOP(=O)(O)OCC[N+](C)(C)C. The van der Waals surface area contributed by atoms with Crippen LogP contribution in [0.15, 0.2) is 12.2 Å². The average molecular weight is 298 g/mol. The molecule has 19 heavy (non-hydrogen) atoms. The average Bonchev–Trinajstić information content (AvgIpc) is 2.15. The van der Waals surface area contributed by atoms with Crippen molar-refractivity contribution in [3.05, 3.63) is 12.2 Å². The van der Waals surface area contributed by atoms with Crippen LogP contribution in [0.2, 0.25) is 0 Å². The highest BCUT2D eigenvalue weighted by Gasteiger charge is 2.21. The van der Waals surface area contributed by atoms with Crippen molar-refractivity contribution in [2.45, 2.75) is 13.8 Å². The number of quaternary nitrogens is 1. The summed E-state index contributed by atoms with van der Waals surface area (Å²) < 4.78 is 20.9. The molecule has 0 aromatic heterocycles. The molecule has 0 aliphatic carbocycles. The summed E-state index contributed by atoms with van der Waals surface area (Å²) in [5.41, 5.74) is 0.176. The number of aliphatic carboxylic acids is 1. The molecule has 0 radical (unpaired) electrons. The summed E-state index contributed by atoms with van der Waals surface area (Å²) in [5.74, 6) is -0.935. The van der Waals surface area contributed by atoms with E-state index >= 15 is 0 Å². The lowest BCUT2D eigenvalue weighted by Crippen LogP contribution is -2.37. The minimum Gasteiger partial charge on any atom is -0.478 e. The van der Waals surface area contributed by atoms with Gasteiger partial charge in [-0.3, -0.25) is 9.05 Å². The van der Waals surface area contributed by atoms with E-state index in [0.29, 0.717) is 11.0 Å². The molecule has 8 heteroatoms. The van der Waals surface area contributed by atoms with Crippen LogP contribution in [-0.4, -0.2) is 61.4 Å². The van der Waals surface area contributed by atoms with Crippen LogP contribution in [0.4, 0.5) is 0 Å². The summed E-state index contributed by atoms with van der Waals surface area (Å²) in [7, 11) is 2.15. The molecular formula is C11H25NO6P+. The molecule has 7 nitrogen and oxygen atoms in total. The van der Waals surface area contributed by atoms with E-state index in [1.54, 1.807) is 6.92 Å². The van der Waals surface area contributed by atoms with Gasteiger partial charge >= 0.3 is 13.8 Å². The summed E-state index contributed by atoms with van der Waals surface area (Å²) in [6, 6.07) is 0. The fourth-order valence-corrected chi connectivity index (χ4v) is 1.34. The standard InChI is InChI=1S/C7H18NO4P.C4H6O2/c1-5-11-13(9,10)12-7-6-8(2,3)4;1-3(2)4(5)6/h5-7H2,1-4H3;1H2,2H3,(H,5,6)/p+1. The number of likely N-dealkylation sites (N-methyl/N-ethyl adjacent to an activating group) is 1. The van der Waals surface area contributed by atoms with Gasteiger partial charge < -0.3 is 14.5 Å². The molecule has 0 heterocycles. The first-order chi connectivity index (χ1) is 8.41. The lowest BCUT2D eigenvalue weighted by atomic mass is 10.4. The van der Waals surface area contributed by atoms with E-state index in [1.807, 2.05) is 21.1 Å². The van der Waals surface area contributed by atoms with Gasteiger partial charge in [-0.05, 0) is 13.8 Å². The second-order valence-electron chi connectivity index (χ2n) is 4.82. The first-order valence-electron chi connectivity index (χ1n) is 5.72. The van der Waals surface area contributed by atoms with Gasteiger partial charge in [0.15, 0.2) is 0 Å². The Balaban J connectivity index is 0. The topological polar surface area (TPSA) is 93.1 Å². The minimum absolute atomic E-state index is 0.176. The lowest BCUT2D eigenvalue weighted by Gasteiger charge is -2.23. The van der Waals surface area contributed by atoms with Crippen molar-refractivity contribution in [3.8, 4) is 0 Å². The summed E-state index contributed by atoms with van der Waals surface area (Å²) in [6.45, 7) is 7.31. The zero-order valence-electron chi connectivity index (χ0n) is 12.3. The number of nitrogens with zero attached hydrogens (tertiary/aromatic N) is 1. The molecule has 0 saturated heterocycles. The number of carboxylic acid groups (broad SMARTS) is 1. The maximum Gasteiger partial charge on any atom is 0.472 e. The Kier molecular flexibility index (Phi) is 10.0. The van der Waals surface area contributed by atoms with Crippen LogP contribution in [0.3, 0.4) is 0 Å². The summed E-state index contributed by atoms with van der Waals surface area (Å²) in [5, 5.41) is 7.89. The maximum absolute atomic E-state index is 11.0. The number of rotatable bonds is 7. The molecule has 2 N–H and O–H groups in total. The number of carboxylic acids is 1. The van der Waals surface area contributed by atoms with Gasteiger partial charge in [0.1, 0.15) is 13.2 Å².